The summed E-state index contributed by atoms with van der Waals surface area (Å²) in [6.07, 6.45) is 6.45. The highest BCUT2D eigenvalue weighted by molar-refractivity contribution is 7.17. The number of nitrogens with zero attached hydrogens (tertiary/aromatic N) is 1. The second-order valence-corrected chi connectivity index (χ2v) is 12.9. The average Bonchev–Trinajstić information content (AvgIpc) is 3.40. The van der Waals surface area contributed by atoms with E-state index in [9.17, 15) is 9.59 Å². The van der Waals surface area contributed by atoms with Crippen molar-refractivity contribution in [1.29, 1.82) is 0 Å². The van der Waals surface area contributed by atoms with E-state index >= 15 is 0 Å². The van der Waals surface area contributed by atoms with E-state index in [1.165, 1.54) is 11.1 Å². The van der Waals surface area contributed by atoms with Crippen LogP contribution in [-0.4, -0.2) is 35.8 Å². The fourth-order valence-electron chi connectivity index (χ4n) is 6.00. The van der Waals surface area contributed by atoms with E-state index in [2.05, 4.69) is 44.0 Å². The lowest BCUT2D eigenvalue weighted by molar-refractivity contribution is -0.160. The molecular weight excluding hydrogens is 502 g/mol. The molecule has 2 aromatic carbocycles. The van der Waals surface area contributed by atoms with Crippen LogP contribution in [0.3, 0.4) is 0 Å². The number of benzene rings is 2. The molecule has 1 fully saturated rings. The van der Waals surface area contributed by atoms with Crippen LogP contribution in [0, 0.1) is 17.8 Å². The zero-order valence-corrected chi connectivity index (χ0v) is 24.9. The number of fused-ring (bicyclic) bond motifs is 1. The monoisotopic (exact) mass is 547 g/mol. The lowest BCUT2D eigenvalue weighted by Gasteiger charge is -2.35. The van der Waals surface area contributed by atoms with Crippen LogP contribution in [0.5, 0.6) is 0 Å². The van der Waals surface area contributed by atoms with Gasteiger partial charge in [-0.2, -0.15) is 0 Å². The molecule has 4 nitrogen and oxygen atoms in total. The Labute approximate surface area is 238 Å². The summed E-state index contributed by atoms with van der Waals surface area (Å²) < 4.78 is 7.61. The molecule has 210 valence electrons. The fraction of sp³-hybridized carbons (Fsp3) is 0.529. The molecule has 1 saturated heterocycles. The number of piperidine rings is 1. The topological polar surface area (TPSA) is 46.6 Å². The lowest BCUT2D eigenvalue weighted by atomic mass is 9.88. The predicted molar refractivity (Wildman–Crippen MR) is 162 cm³/mol. The van der Waals surface area contributed by atoms with Crippen LogP contribution in [0.25, 0.3) is 10.1 Å². The van der Waals surface area contributed by atoms with Crippen LogP contribution in [0.2, 0.25) is 0 Å². The first-order valence-corrected chi connectivity index (χ1v) is 15.7. The van der Waals surface area contributed by atoms with Crippen molar-refractivity contribution in [2.45, 2.75) is 84.8 Å². The standard InChI is InChI=1S/C34H45NO3S/c1-24(2)21-26(4)31(15-13-25(3)22-30(36)28-14-16-32-29(23-28)17-20-39-32)38-34(37)33(27-11-7-5-8-12-27)35-18-9-6-10-19-35/h5,7-8,11-12,14,16-17,20,23-26,31,33H,6,9-10,13,15,18-19,21-22H2,1-4H3. The summed E-state index contributed by atoms with van der Waals surface area (Å²) >= 11 is 1.70. The summed E-state index contributed by atoms with van der Waals surface area (Å²) in [5, 5.41) is 3.20. The molecule has 1 aliphatic rings. The third-order valence-corrected chi connectivity index (χ3v) is 8.99. The lowest BCUT2D eigenvalue weighted by Crippen LogP contribution is -2.40. The van der Waals surface area contributed by atoms with E-state index in [-0.39, 0.29) is 35.7 Å². The van der Waals surface area contributed by atoms with Crippen LogP contribution in [0.4, 0.5) is 0 Å². The van der Waals surface area contributed by atoms with Gasteiger partial charge in [0.25, 0.3) is 0 Å². The van der Waals surface area contributed by atoms with E-state index in [4.69, 9.17) is 4.74 Å². The number of ketones is 1. The second-order valence-electron chi connectivity index (χ2n) is 12.0. The van der Waals surface area contributed by atoms with Gasteiger partial charge in [-0.05, 0) is 104 Å². The SMILES string of the molecule is CC(C)CC(C)C(CCC(C)CC(=O)c1ccc2sccc2c1)OC(=O)C(c1ccccc1)N1CCCCC1. The molecule has 0 bridgehead atoms. The minimum atomic E-state index is -0.355. The molecule has 1 aliphatic heterocycles. The third kappa shape index (κ3) is 8.25. The Morgan fingerprint density at radius 2 is 1.67 bits per heavy atom. The summed E-state index contributed by atoms with van der Waals surface area (Å²) in [4.78, 5) is 29.2. The van der Waals surface area contributed by atoms with Gasteiger partial charge < -0.3 is 4.74 Å². The highest BCUT2D eigenvalue weighted by atomic mass is 32.1. The number of ether oxygens (including phenoxy) is 1. The highest BCUT2D eigenvalue weighted by Crippen LogP contribution is 2.30. The van der Waals surface area contributed by atoms with Crippen molar-refractivity contribution >= 4 is 33.2 Å². The molecule has 4 unspecified atom stereocenters. The number of carbonyl (C=O) groups is 2. The van der Waals surface area contributed by atoms with Crippen molar-refractivity contribution in [3.63, 3.8) is 0 Å². The maximum atomic E-state index is 13.8. The first kappa shape index (κ1) is 29.5. The minimum Gasteiger partial charge on any atom is -0.461 e. The Morgan fingerprint density at radius 1 is 0.923 bits per heavy atom. The Kier molecular flexibility index (Phi) is 10.8. The number of Topliss-reactive ketones (excluding diaryl/α,β-unsaturated/α-hetero) is 1. The molecule has 4 rings (SSSR count). The number of hydrogen-bond acceptors (Lipinski definition) is 5. The molecule has 0 N–H and O–H groups in total. The zero-order valence-electron chi connectivity index (χ0n) is 24.1. The van der Waals surface area contributed by atoms with Gasteiger partial charge in [0.1, 0.15) is 12.1 Å². The van der Waals surface area contributed by atoms with Crippen LogP contribution < -0.4 is 0 Å². The van der Waals surface area contributed by atoms with Crippen molar-refractivity contribution in [1.82, 2.24) is 4.90 Å². The number of hydrogen-bond donors (Lipinski definition) is 0. The molecule has 2 heterocycles. The summed E-state index contributed by atoms with van der Waals surface area (Å²) in [7, 11) is 0. The van der Waals surface area contributed by atoms with Crippen molar-refractivity contribution in [3.8, 4) is 0 Å². The van der Waals surface area contributed by atoms with E-state index < -0.39 is 0 Å². The van der Waals surface area contributed by atoms with Crippen molar-refractivity contribution in [2.24, 2.45) is 17.8 Å². The van der Waals surface area contributed by atoms with Crippen molar-refractivity contribution in [3.05, 3.63) is 71.1 Å². The summed E-state index contributed by atoms with van der Waals surface area (Å²) in [5.74, 6) is 1.06. The van der Waals surface area contributed by atoms with Gasteiger partial charge in [-0.15, -0.1) is 11.3 Å². The third-order valence-electron chi connectivity index (χ3n) is 8.09. The molecule has 39 heavy (non-hydrogen) atoms. The van der Waals surface area contributed by atoms with Gasteiger partial charge in [0.05, 0.1) is 0 Å². The molecule has 4 atom stereocenters. The van der Waals surface area contributed by atoms with Crippen LogP contribution in [-0.2, 0) is 9.53 Å². The van der Waals surface area contributed by atoms with Gasteiger partial charge in [0, 0.05) is 16.7 Å². The normalized spacial score (nSPS) is 17.6. The van der Waals surface area contributed by atoms with Gasteiger partial charge in [0.15, 0.2) is 5.78 Å². The van der Waals surface area contributed by atoms with Gasteiger partial charge in [-0.3, -0.25) is 9.69 Å². The molecular formula is C34H45NO3S. The van der Waals surface area contributed by atoms with E-state index in [1.807, 2.05) is 48.5 Å². The first-order valence-electron chi connectivity index (χ1n) is 14.8. The number of rotatable bonds is 13. The summed E-state index contributed by atoms with van der Waals surface area (Å²) in [6, 6.07) is 17.8. The number of carbonyl (C=O) groups excluding carboxylic acids is 2. The zero-order chi connectivity index (χ0) is 27.8. The van der Waals surface area contributed by atoms with Crippen LogP contribution >= 0.6 is 11.3 Å². The van der Waals surface area contributed by atoms with E-state index in [1.54, 1.807) is 11.3 Å². The molecule has 0 aliphatic carbocycles. The number of thiophene rings is 1. The molecule has 5 heteroatoms. The average molecular weight is 548 g/mol. The quantitative estimate of drug-likeness (QED) is 0.159. The Bertz CT molecular complexity index is 1200. The maximum absolute atomic E-state index is 13.8. The summed E-state index contributed by atoms with van der Waals surface area (Å²) in [6.45, 7) is 10.7. The van der Waals surface area contributed by atoms with Crippen LogP contribution in [0.1, 0.15) is 94.6 Å². The van der Waals surface area contributed by atoms with E-state index in [0.29, 0.717) is 12.3 Å². The second kappa shape index (κ2) is 14.2. The highest BCUT2D eigenvalue weighted by Gasteiger charge is 2.33. The first-order chi connectivity index (χ1) is 18.8. The van der Waals surface area contributed by atoms with Gasteiger partial charge in [-0.1, -0.05) is 64.4 Å². The fourth-order valence-corrected chi connectivity index (χ4v) is 6.77. The molecule has 3 aromatic rings. The molecule has 0 radical (unpaired) electrons. The van der Waals surface area contributed by atoms with E-state index in [0.717, 1.165) is 61.7 Å². The minimum absolute atomic E-state index is 0.128. The predicted octanol–water partition coefficient (Wildman–Crippen LogP) is 8.71. The van der Waals surface area contributed by atoms with Crippen molar-refractivity contribution in [2.75, 3.05) is 13.1 Å². The largest absolute Gasteiger partial charge is 0.461 e. The van der Waals surface area contributed by atoms with Gasteiger partial charge in [0.2, 0.25) is 0 Å². The maximum Gasteiger partial charge on any atom is 0.328 e. The smallest absolute Gasteiger partial charge is 0.328 e. The Balaban J connectivity index is 1.42. The molecule has 1 aromatic heterocycles. The Hall–Kier alpha value is -2.50. The Morgan fingerprint density at radius 3 is 2.38 bits per heavy atom. The van der Waals surface area contributed by atoms with Crippen LogP contribution in [0.15, 0.2) is 60.0 Å². The molecule has 0 amide bonds. The van der Waals surface area contributed by atoms with Gasteiger partial charge in [-0.25, -0.2) is 4.79 Å². The summed E-state index contributed by atoms with van der Waals surface area (Å²) in [5.41, 5.74) is 1.80. The number of esters is 1. The molecule has 0 saturated carbocycles. The number of likely N-dealkylation sites (tertiary alicyclic amines) is 1. The van der Waals surface area contributed by atoms with Crippen molar-refractivity contribution < 1.29 is 14.3 Å². The van der Waals surface area contributed by atoms with Gasteiger partial charge >= 0.3 is 5.97 Å². The molecule has 0 spiro atoms.